The summed E-state index contributed by atoms with van der Waals surface area (Å²) >= 11 is 0. The molecule has 166 valence electrons. The number of nitrogens with zero attached hydrogens (tertiary/aromatic N) is 2. The molecule has 0 aliphatic carbocycles. The van der Waals surface area contributed by atoms with Gasteiger partial charge in [0, 0.05) is 24.6 Å². The summed E-state index contributed by atoms with van der Waals surface area (Å²) in [6, 6.07) is 26.0. The highest BCUT2D eigenvalue weighted by atomic mass is 15.1. The second-order valence-electron chi connectivity index (χ2n) is 8.90. The number of anilines is 1. The van der Waals surface area contributed by atoms with Gasteiger partial charge in [-0.25, -0.2) is 0 Å². The summed E-state index contributed by atoms with van der Waals surface area (Å²) in [5.41, 5.74) is 8.69. The SMILES string of the molecule is C(=Cc1ccc2c(c1)C(=CNc1ccc(CN3CCCC3)cc1)CN=C2)Cc1ccccc1. The van der Waals surface area contributed by atoms with Crippen molar-refractivity contribution in [2.75, 3.05) is 25.0 Å². The van der Waals surface area contributed by atoms with E-state index in [1.165, 1.54) is 59.3 Å². The molecule has 3 aromatic rings. The second kappa shape index (κ2) is 10.5. The molecule has 0 spiro atoms. The zero-order valence-corrected chi connectivity index (χ0v) is 19.1. The molecule has 33 heavy (non-hydrogen) atoms. The first-order valence-electron chi connectivity index (χ1n) is 12.0. The van der Waals surface area contributed by atoms with Gasteiger partial charge in [-0.2, -0.15) is 0 Å². The molecule has 1 N–H and O–H groups in total. The predicted molar refractivity (Wildman–Crippen MR) is 141 cm³/mol. The first-order valence-corrected chi connectivity index (χ1v) is 12.0. The van der Waals surface area contributed by atoms with Gasteiger partial charge in [0.1, 0.15) is 0 Å². The third-order valence-corrected chi connectivity index (χ3v) is 6.39. The second-order valence-corrected chi connectivity index (χ2v) is 8.90. The Bertz CT molecular complexity index is 1150. The molecule has 1 fully saturated rings. The van der Waals surface area contributed by atoms with Gasteiger partial charge in [0.2, 0.25) is 0 Å². The van der Waals surface area contributed by atoms with Crippen LogP contribution in [0.2, 0.25) is 0 Å². The van der Waals surface area contributed by atoms with Gasteiger partial charge in [-0.1, -0.05) is 66.7 Å². The molecule has 3 nitrogen and oxygen atoms in total. The van der Waals surface area contributed by atoms with Gasteiger partial charge >= 0.3 is 0 Å². The minimum absolute atomic E-state index is 0.699. The lowest BCUT2D eigenvalue weighted by molar-refractivity contribution is 0.331. The van der Waals surface area contributed by atoms with Gasteiger partial charge < -0.3 is 5.32 Å². The number of nitrogens with one attached hydrogen (secondary N) is 1. The molecule has 3 heteroatoms. The van der Waals surface area contributed by atoms with Crippen molar-refractivity contribution in [3.63, 3.8) is 0 Å². The average Bonchev–Trinajstić information content (AvgIpc) is 3.37. The monoisotopic (exact) mass is 433 g/mol. The summed E-state index contributed by atoms with van der Waals surface area (Å²) < 4.78 is 0. The molecule has 2 heterocycles. The van der Waals surface area contributed by atoms with E-state index in [4.69, 9.17) is 0 Å². The molecule has 2 aliphatic heterocycles. The van der Waals surface area contributed by atoms with Gasteiger partial charge in [0.05, 0.1) is 6.54 Å². The maximum Gasteiger partial charge on any atom is 0.0660 e. The van der Waals surface area contributed by atoms with Crippen LogP contribution in [0.4, 0.5) is 5.69 Å². The van der Waals surface area contributed by atoms with Crippen LogP contribution in [-0.4, -0.2) is 30.7 Å². The maximum atomic E-state index is 4.56. The molecular weight excluding hydrogens is 402 g/mol. The fourth-order valence-corrected chi connectivity index (χ4v) is 4.54. The molecule has 0 unspecified atom stereocenters. The van der Waals surface area contributed by atoms with E-state index < -0.39 is 0 Å². The van der Waals surface area contributed by atoms with E-state index in [2.05, 4.69) is 106 Å². The normalized spacial score (nSPS) is 17.0. The van der Waals surface area contributed by atoms with Crippen molar-refractivity contribution in [2.45, 2.75) is 25.8 Å². The minimum atomic E-state index is 0.699. The smallest absolute Gasteiger partial charge is 0.0660 e. The van der Waals surface area contributed by atoms with Crippen LogP contribution < -0.4 is 5.32 Å². The van der Waals surface area contributed by atoms with Crippen LogP contribution in [0.1, 0.15) is 40.7 Å². The summed E-state index contributed by atoms with van der Waals surface area (Å²) in [7, 11) is 0. The largest absolute Gasteiger partial charge is 0.361 e. The molecular formula is C30H31N3. The van der Waals surface area contributed by atoms with Crippen LogP contribution in [0.25, 0.3) is 11.6 Å². The van der Waals surface area contributed by atoms with Crippen LogP contribution in [-0.2, 0) is 13.0 Å². The standard InChI is InChI=1S/C30H31N3/c1-2-7-24(8-3-1)9-6-10-25-11-14-27-20-31-21-28(30(27)19-25)22-32-29-15-12-26(13-16-29)23-33-17-4-5-18-33/h1-3,6-8,10-16,19-20,22,32H,4-5,9,17-18,21,23H2. The Kier molecular flexibility index (Phi) is 6.79. The van der Waals surface area contributed by atoms with Crippen LogP contribution >= 0.6 is 0 Å². The van der Waals surface area contributed by atoms with Gasteiger partial charge in [0.25, 0.3) is 0 Å². The van der Waals surface area contributed by atoms with E-state index in [1.807, 2.05) is 6.21 Å². The summed E-state index contributed by atoms with van der Waals surface area (Å²) in [6.45, 7) is 4.22. The molecule has 5 rings (SSSR count). The number of rotatable bonds is 7. The van der Waals surface area contributed by atoms with Crippen molar-refractivity contribution in [1.82, 2.24) is 4.90 Å². The fourth-order valence-electron chi connectivity index (χ4n) is 4.54. The van der Waals surface area contributed by atoms with Gasteiger partial charge in [-0.3, -0.25) is 9.89 Å². The zero-order valence-electron chi connectivity index (χ0n) is 19.1. The van der Waals surface area contributed by atoms with Crippen molar-refractivity contribution in [3.8, 4) is 0 Å². The lowest BCUT2D eigenvalue weighted by Crippen LogP contribution is -2.18. The number of fused-ring (bicyclic) bond motifs is 1. The summed E-state index contributed by atoms with van der Waals surface area (Å²) in [6.07, 6.45) is 12.2. The molecule has 0 radical (unpaired) electrons. The summed E-state index contributed by atoms with van der Waals surface area (Å²) in [5, 5.41) is 3.49. The number of aliphatic imine (C=N–C) groups is 1. The third kappa shape index (κ3) is 5.68. The predicted octanol–water partition coefficient (Wildman–Crippen LogP) is 6.42. The quantitative estimate of drug-likeness (QED) is 0.465. The van der Waals surface area contributed by atoms with Gasteiger partial charge in [-0.15, -0.1) is 0 Å². The van der Waals surface area contributed by atoms with Crippen molar-refractivity contribution < 1.29 is 0 Å². The van der Waals surface area contributed by atoms with Crippen molar-refractivity contribution in [1.29, 1.82) is 0 Å². The van der Waals surface area contributed by atoms with Crippen molar-refractivity contribution >= 4 is 23.6 Å². The Labute approximate surface area is 197 Å². The van der Waals surface area contributed by atoms with E-state index in [-0.39, 0.29) is 0 Å². The highest BCUT2D eigenvalue weighted by Gasteiger charge is 2.12. The molecule has 1 saturated heterocycles. The molecule has 2 aliphatic rings. The van der Waals surface area contributed by atoms with Crippen LogP contribution in [0.5, 0.6) is 0 Å². The number of likely N-dealkylation sites (tertiary alicyclic amines) is 1. The number of allylic oxidation sites excluding steroid dienone is 1. The van der Waals surface area contributed by atoms with E-state index in [0.717, 1.165) is 18.7 Å². The Morgan fingerprint density at radius 1 is 0.879 bits per heavy atom. The summed E-state index contributed by atoms with van der Waals surface area (Å²) in [5.74, 6) is 0. The Morgan fingerprint density at radius 3 is 2.52 bits per heavy atom. The summed E-state index contributed by atoms with van der Waals surface area (Å²) in [4.78, 5) is 7.09. The highest BCUT2D eigenvalue weighted by Crippen LogP contribution is 2.25. The zero-order chi connectivity index (χ0) is 22.3. The number of benzene rings is 3. The molecule has 0 atom stereocenters. The Balaban J connectivity index is 1.26. The maximum absolute atomic E-state index is 4.56. The first kappa shape index (κ1) is 21.4. The van der Waals surface area contributed by atoms with E-state index >= 15 is 0 Å². The first-order chi connectivity index (χ1) is 16.3. The molecule has 0 saturated carbocycles. The van der Waals surface area contributed by atoms with Crippen LogP contribution in [0, 0.1) is 0 Å². The molecule has 3 aromatic carbocycles. The molecule has 0 amide bonds. The Hall–Kier alpha value is -3.43. The van der Waals surface area contributed by atoms with Crippen LogP contribution in [0.3, 0.4) is 0 Å². The fraction of sp³-hybridized carbons (Fsp3) is 0.233. The Morgan fingerprint density at radius 2 is 1.70 bits per heavy atom. The minimum Gasteiger partial charge on any atom is -0.361 e. The van der Waals surface area contributed by atoms with Crippen LogP contribution in [0.15, 0.2) is 90.1 Å². The van der Waals surface area contributed by atoms with E-state index in [9.17, 15) is 0 Å². The number of hydrogen-bond acceptors (Lipinski definition) is 3. The number of hydrogen-bond donors (Lipinski definition) is 1. The van der Waals surface area contributed by atoms with Crippen molar-refractivity contribution in [3.05, 3.63) is 113 Å². The topological polar surface area (TPSA) is 27.6 Å². The van der Waals surface area contributed by atoms with Gasteiger partial charge in [-0.05, 0) is 83.9 Å². The molecule has 0 bridgehead atoms. The third-order valence-electron chi connectivity index (χ3n) is 6.39. The lowest BCUT2D eigenvalue weighted by Gasteiger charge is -2.16. The van der Waals surface area contributed by atoms with E-state index in [0.29, 0.717) is 6.54 Å². The molecule has 0 aromatic heterocycles. The average molecular weight is 434 g/mol. The lowest BCUT2D eigenvalue weighted by atomic mass is 9.96. The van der Waals surface area contributed by atoms with Gasteiger partial charge in [0.15, 0.2) is 0 Å². The highest BCUT2D eigenvalue weighted by molar-refractivity contribution is 5.93. The van der Waals surface area contributed by atoms with Crippen molar-refractivity contribution in [2.24, 2.45) is 4.99 Å². The van der Waals surface area contributed by atoms with E-state index in [1.54, 1.807) is 0 Å².